The van der Waals surface area contributed by atoms with Gasteiger partial charge in [0.15, 0.2) is 8.32 Å². The predicted octanol–water partition coefficient (Wildman–Crippen LogP) is 1.33. The summed E-state index contributed by atoms with van der Waals surface area (Å²) in [5, 5.41) is 9.33. The van der Waals surface area contributed by atoms with Crippen molar-refractivity contribution < 1.29 is 14.3 Å². The summed E-state index contributed by atoms with van der Waals surface area (Å²) in [4.78, 5) is 25.5. The Labute approximate surface area is 135 Å². The highest BCUT2D eigenvalue weighted by Crippen LogP contribution is 2.40. The van der Waals surface area contributed by atoms with E-state index in [1.165, 1.54) is 16.8 Å². The van der Waals surface area contributed by atoms with Crippen molar-refractivity contribution >= 4 is 8.32 Å². The van der Waals surface area contributed by atoms with Crippen molar-refractivity contribution in [2.24, 2.45) is 0 Å². The summed E-state index contributed by atoms with van der Waals surface area (Å²) in [5.74, 6) is 0.358. The van der Waals surface area contributed by atoms with E-state index < -0.39 is 31.9 Å². The lowest BCUT2D eigenvalue weighted by molar-refractivity contribution is -0.00554. The Morgan fingerprint density at radius 3 is 2.57 bits per heavy atom. The van der Waals surface area contributed by atoms with Gasteiger partial charge in [0.2, 0.25) is 6.23 Å². The number of aromatic amines is 1. The third-order valence-electron chi connectivity index (χ3n) is 4.42. The number of aromatic nitrogens is 2. The zero-order valence-electron chi connectivity index (χ0n) is 14.1. The maximum absolute atomic E-state index is 12.0. The van der Waals surface area contributed by atoms with Gasteiger partial charge < -0.3 is 14.3 Å². The van der Waals surface area contributed by atoms with Crippen molar-refractivity contribution in [2.45, 2.75) is 51.2 Å². The van der Waals surface area contributed by atoms with Gasteiger partial charge in [-0.1, -0.05) is 20.8 Å². The van der Waals surface area contributed by atoms with Gasteiger partial charge in [0, 0.05) is 12.3 Å². The Bertz CT molecular complexity index is 714. The molecule has 0 spiro atoms. The fraction of sp³-hybridized carbons (Fsp3) is 0.600. The Kier molecular flexibility index (Phi) is 4.70. The standard InChI is InChI=1S/C15H24N2O5Si/c1-15(2,3)23(4,5)22-11-8-10(9-18)21-13(11)17-7-6-12(19)16-14(17)20/h6-8,11,13,18H,9H2,1-5H3,(H,16,19,20)/t11-,13-/m1/s1. The maximum atomic E-state index is 12.0. The molecule has 0 amide bonds. The zero-order chi connectivity index (χ0) is 17.4. The van der Waals surface area contributed by atoms with Crippen LogP contribution in [0.1, 0.15) is 27.0 Å². The Hall–Kier alpha value is -1.64. The van der Waals surface area contributed by atoms with Crippen molar-refractivity contribution in [3.63, 3.8) is 0 Å². The molecular weight excluding hydrogens is 316 g/mol. The number of aliphatic hydroxyl groups excluding tert-OH is 1. The molecule has 2 atom stereocenters. The molecule has 0 aliphatic carbocycles. The Balaban J connectivity index is 2.36. The molecule has 8 heteroatoms. The van der Waals surface area contributed by atoms with Gasteiger partial charge in [-0.25, -0.2) is 4.79 Å². The highest BCUT2D eigenvalue weighted by molar-refractivity contribution is 6.74. The fourth-order valence-corrected chi connectivity index (χ4v) is 3.29. The molecule has 1 aromatic rings. The molecule has 0 unspecified atom stereocenters. The third kappa shape index (κ3) is 3.65. The summed E-state index contributed by atoms with van der Waals surface area (Å²) >= 11 is 0. The topological polar surface area (TPSA) is 93.5 Å². The van der Waals surface area contributed by atoms with E-state index in [2.05, 4.69) is 38.8 Å². The summed E-state index contributed by atoms with van der Waals surface area (Å²) < 4.78 is 13.2. The van der Waals surface area contributed by atoms with Crippen molar-refractivity contribution in [1.82, 2.24) is 9.55 Å². The summed E-state index contributed by atoms with van der Waals surface area (Å²) in [6.45, 7) is 10.3. The first-order chi connectivity index (χ1) is 10.5. The van der Waals surface area contributed by atoms with E-state index in [-0.39, 0.29) is 11.6 Å². The first kappa shape index (κ1) is 17.7. The second-order valence-corrected chi connectivity index (χ2v) is 11.9. The molecule has 2 heterocycles. The SMILES string of the molecule is CC(C)(C)[Si](C)(C)O[C@@H]1C=C(CO)O[C@H]1n1ccc(=O)[nH]c1=O. The van der Waals surface area contributed by atoms with Crippen LogP contribution in [0.3, 0.4) is 0 Å². The molecule has 1 aromatic heterocycles. The van der Waals surface area contributed by atoms with Gasteiger partial charge >= 0.3 is 5.69 Å². The summed E-state index contributed by atoms with van der Waals surface area (Å²) in [6.07, 6.45) is 1.84. The minimum atomic E-state index is -2.11. The van der Waals surface area contributed by atoms with Crippen LogP contribution in [0.4, 0.5) is 0 Å². The molecule has 7 nitrogen and oxygen atoms in total. The second kappa shape index (κ2) is 6.10. The molecule has 1 aliphatic rings. The summed E-state index contributed by atoms with van der Waals surface area (Å²) in [7, 11) is -2.11. The first-order valence-electron chi connectivity index (χ1n) is 7.53. The molecule has 0 fully saturated rings. The van der Waals surface area contributed by atoms with E-state index in [1.54, 1.807) is 6.08 Å². The van der Waals surface area contributed by atoms with Crippen LogP contribution < -0.4 is 11.2 Å². The lowest BCUT2D eigenvalue weighted by Gasteiger charge is -2.39. The van der Waals surface area contributed by atoms with Gasteiger partial charge in [0.1, 0.15) is 18.5 Å². The highest BCUT2D eigenvalue weighted by Gasteiger charge is 2.43. The van der Waals surface area contributed by atoms with E-state index in [4.69, 9.17) is 9.16 Å². The number of H-pyrrole nitrogens is 1. The molecule has 23 heavy (non-hydrogen) atoms. The van der Waals surface area contributed by atoms with Crippen LogP contribution in [0.2, 0.25) is 18.1 Å². The number of rotatable bonds is 4. The summed E-state index contributed by atoms with van der Waals surface area (Å²) in [5.41, 5.74) is -1.04. The van der Waals surface area contributed by atoms with Gasteiger partial charge in [-0.3, -0.25) is 14.3 Å². The summed E-state index contributed by atoms with van der Waals surface area (Å²) in [6, 6.07) is 1.26. The van der Waals surface area contributed by atoms with Gasteiger partial charge in [0.25, 0.3) is 5.56 Å². The third-order valence-corrected chi connectivity index (χ3v) is 8.90. The van der Waals surface area contributed by atoms with E-state index in [0.717, 1.165) is 0 Å². The second-order valence-electron chi connectivity index (χ2n) is 7.16. The molecule has 2 rings (SSSR count). The lowest BCUT2D eigenvalue weighted by atomic mass is 10.2. The molecule has 0 radical (unpaired) electrons. The van der Waals surface area contributed by atoms with Gasteiger partial charge in [-0.15, -0.1) is 0 Å². The van der Waals surface area contributed by atoms with E-state index in [0.29, 0.717) is 5.76 Å². The number of hydrogen-bond donors (Lipinski definition) is 2. The largest absolute Gasteiger partial charge is 0.469 e. The number of aliphatic hydroxyl groups is 1. The fourth-order valence-electron chi connectivity index (χ4n) is 2.07. The number of hydrogen-bond acceptors (Lipinski definition) is 5. The minimum absolute atomic E-state index is 0.0106. The molecule has 0 saturated carbocycles. The van der Waals surface area contributed by atoms with Crippen molar-refractivity contribution in [1.29, 1.82) is 0 Å². The molecular formula is C15H24N2O5Si. The highest BCUT2D eigenvalue weighted by atomic mass is 28.4. The van der Waals surface area contributed by atoms with E-state index in [9.17, 15) is 14.7 Å². The van der Waals surface area contributed by atoms with Crippen LogP contribution in [-0.4, -0.2) is 35.7 Å². The Morgan fingerprint density at radius 1 is 1.39 bits per heavy atom. The van der Waals surface area contributed by atoms with Crippen molar-refractivity contribution in [3.05, 3.63) is 44.9 Å². The number of nitrogens with zero attached hydrogens (tertiary/aromatic N) is 1. The average molecular weight is 340 g/mol. The van der Waals surface area contributed by atoms with Crippen LogP contribution in [-0.2, 0) is 9.16 Å². The van der Waals surface area contributed by atoms with Crippen molar-refractivity contribution in [3.8, 4) is 0 Å². The van der Waals surface area contributed by atoms with Crippen LogP contribution in [0.25, 0.3) is 0 Å². The Morgan fingerprint density at radius 2 is 2.04 bits per heavy atom. The quantitative estimate of drug-likeness (QED) is 0.807. The van der Waals surface area contributed by atoms with Gasteiger partial charge in [-0.2, -0.15) is 0 Å². The molecule has 2 N–H and O–H groups in total. The molecule has 0 saturated heterocycles. The smallest absolute Gasteiger partial charge is 0.331 e. The molecule has 0 bridgehead atoms. The van der Waals surface area contributed by atoms with Crippen LogP contribution in [0.5, 0.6) is 0 Å². The van der Waals surface area contributed by atoms with Crippen LogP contribution >= 0.6 is 0 Å². The lowest BCUT2D eigenvalue weighted by Crippen LogP contribution is -2.46. The molecule has 128 valence electrons. The van der Waals surface area contributed by atoms with E-state index in [1.807, 2.05) is 0 Å². The molecule has 1 aliphatic heterocycles. The zero-order valence-corrected chi connectivity index (χ0v) is 15.1. The monoisotopic (exact) mass is 340 g/mol. The number of nitrogens with one attached hydrogen (secondary N) is 1. The van der Waals surface area contributed by atoms with Crippen LogP contribution in [0, 0.1) is 0 Å². The van der Waals surface area contributed by atoms with Crippen molar-refractivity contribution in [2.75, 3.05) is 6.61 Å². The van der Waals surface area contributed by atoms with Crippen LogP contribution in [0.15, 0.2) is 33.7 Å². The molecule has 0 aromatic carbocycles. The maximum Gasteiger partial charge on any atom is 0.331 e. The van der Waals surface area contributed by atoms with Gasteiger partial charge in [0.05, 0.1) is 0 Å². The first-order valence-corrected chi connectivity index (χ1v) is 10.4. The minimum Gasteiger partial charge on any atom is -0.469 e. The normalized spacial score (nSPS) is 21.9. The van der Waals surface area contributed by atoms with E-state index >= 15 is 0 Å². The average Bonchev–Trinajstić information content (AvgIpc) is 2.79. The predicted molar refractivity (Wildman–Crippen MR) is 88.7 cm³/mol. The van der Waals surface area contributed by atoms with Gasteiger partial charge in [-0.05, 0) is 24.2 Å². The number of ether oxygens (including phenoxy) is 1.